The van der Waals surface area contributed by atoms with Gasteiger partial charge in [0.2, 0.25) is 0 Å². The van der Waals surface area contributed by atoms with Crippen LogP contribution >= 0.6 is 77.2 Å². The van der Waals surface area contributed by atoms with Crippen molar-refractivity contribution < 1.29 is 8.78 Å². The van der Waals surface area contributed by atoms with Gasteiger partial charge in [0.25, 0.3) is 0 Å². The summed E-state index contributed by atoms with van der Waals surface area (Å²) in [4.78, 5) is 16.4. The molecular weight excluding hydrogens is 835 g/mol. The lowest BCUT2D eigenvalue weighted by Gasteiger charge is -2.15. The minimum Gasteiger partial charge on any atom is -0.242 e. The van der Waals surface area contributed by atoms with Crippen molar-refractivity contribution in [3.63, 3.8) is 0 Å². The molecule has 5 heterocycles. The summed E-state index contributed by atoms with van der Waals surface area (Å²) in [6, 6.07) is 16.1. The molecule has 0 aliphatic rings. The van der Waals surface area contributed by atoms with E-state index in [1.165, 1.54) is 96.6 Å². The molecule has 0 spiro atoms. The van der Waals surface area contributed by atoms with Crippen LogP contribution in [-0.2, 0) is 12.8 Å². The van der Waals surface area contributed by atoms with E-state index in [9.17, 15) is 0 Å². The number of unbranched alkanes of at least 4 members (excludes halogenated alkanes) is 10. The average molecular weight is 877 g/mol. The van der Waals surface area contributed by atoms with Gasteiger partial charge >= 0.3 is 0 Å². The summed E-state index contributed by atoms with van der Waals surface area (Å²) in [5.41, 5.74) is 2.53. The molecule has 0 amide bonds. The molecule has 0 aliphatic carbocycles. The first kappa shape index (κ1) is 37.9. The maximum atomic E-state index is 16.4. The lowest BCUT2D eigenvalue weighted by atomic mass is 10.0. The number of thiophene rings is 4. The number of rotatable bonds is 18. The molecule has 0 N–H and O–H groups in total. The van der Waals surface area contributed by atoms with Gasteiger partial charge in [-0.25, -0.2) is 18.7 Å². The molecule has 5 aromatic heterocycles. The SMILES string of the molecule is CCCCCCCCc1ccc(-c2nc3c(-c4ccc(Br)s4)c(F)c(F)c(-c4ccc(Br)s4)c3nc2-c2ccc(CCCCCCCC)s2)s1. The number of halogens is 4. The highest BCUT2D eigenvalue weighted by molar-refractivity contribution is 9.11. The van der Waals surface area contributed by atoms with Crippen LogP contribution in [0.3, 0.4) is 0 Å². The van der Waals surface area contributed by atoms with Crippen molar-refractivity contribution in [1.82, 2.24) is 9.97 Å². The molecule has 0 radical (unpaired) electrons. The fourth-order valence-electron chi connectivity index (χ4n) is 6.34. The van der Waals surface area contributed by atoms with Gasteiger partial charge in [0.15, 0.2) is 11.6 Å². The normalized spacial score (nSPS) is 11.7. The Morgan fingerprint density at radius 3 is 1.24 bits per heavy atom. The highest BCUT2D eigenvalue weighted by atomic mass is 79.9. The molecule has 0 aliphatic heterocycles. The van der Waals surface area contributed by atoms with Crippen LogP contribution in [0.1, 0.15) is 101 Å². The zero-order valence-electron chi connectivity index (χ0n) is 28.6. The van der Waals surface area contributed by atoms with E-state index in [4.69, 9.17) is 9.97 Å². The van der Waals surface area contributed by atoms with E-state index in [1.807, 2.05) is 24.3 Å². The van der Waals surface area contributed by atoms with Gasteiger partial charge in [0, 0.05) is 19.5 Å². The second-order valence-corrected chi connectivity index (χ2v) is 20.0. The smallest absolute Gasteiger partial charge is 0.170 e. The molecule has 1 aromatic carbocycles. The van der Waals surface area contributed by atoms with Crippen LogP contribution < -0.4 is 0 Å². The first-order valence-electron chi connectivity index (χ1n) is 17.8. The van der Waals surface area contributed by atoms with E-state index in [0.717, 1.165) is 54.4 Å². The van der Waals surface area contributed by atoms with E-state index in [0.29, 0.717) is 20.8 Å². The Balaban J connectivity index is 1.46. The van der Waals surface area contributed by atoms with Crippen molar-refractivity contribution in [3.8, 4) is 42.0 Å². The van der Waals surface area contributed by atoms with Crippen molar-refractivity contribution in [2.24, 2.45) is 0 Å². The maximum Gasteiger partial charge on any atom is 0.170 e. The second kappa shape index (κ2) is 18.3. The first-order chi connectivity index (χ1) is 24.4. The van der Waals surface area contributed by atoms with E-state index in [2.05, 4.69) is 70.0 Å². The minimum absolute atomic E-state index is 0.159. The Hall–Kier alpha value is -1.82. The Kier molecular flexibility index (Phi) is 13.9. The van der Waals surface area contributed by atoms with E-state index in [1.54, 1.807) is 22.7 Å². The summed E-state index contributed by atoms with van der Waals surface area (Å²) in [5, 5.41) is 0. The lowest BCUT2D eigenvalue weighted by molar-refractivity contribution is 0.515. The van der Waals surface area contributed by atoms with Crippen molar-refractivity contribution in [2.75, 3.05) is 0 Å². The molecule has 0 saturated heterocycles. The standard InChI is InChI=1S/C40H42Br2F2N2S4/c1-3-5-7-9-11-13-15-25-17-19-29(47-25)37-38(30-20-18-26(48-30)16-14-12-10-8-6-4-2)46-40-34(28-22-24-32(42)50-28)36(44)35(43)33(39(40)45-37)27-21-23-31(41)49-27/h17-24H,3-16H2,1-2H3. The quantitative estimate of drug-likeness (QED) is 0.0804. The number of hydrogen-bond donors (Lipinski definition) is 0. The molecular formula is C40H42Br2F2N2S4. The van der Waals surface area contributed by atoms with E-state index >= 15 is 8.78 Å². The molecule has 50 heavy (non-hydrogen) atoms. The second-order valence-electron chi connectivity index (χ2n) is 12.8. The molecule has 0 fully saturated rings. The largest absolute Gasteiger partial charge is 0.242 e. The number of aryl methyl sites for hydroxylation is 2. The third-order valence-corrected chi connectivity index (χ3v) is 14.6. The average Bonchev–Trinajstić information content (AvgIpc) is 3.94. The topological polar surface area (TPSA) is 25.8 Å². The first-order valence-corrected chi connectivity index (χ1v) is 22.6. The number of nitrogens with zero attached hydrogens (tertiary/aromatic N) is 2. The fourth-order valence-corrected chi connectivity index (χ4v) is 11.3. The number of benzene rings is 1. The zero-order chi connectivity index (χ0) is 35.0. The van der Waals surface area contributed by atoms with Gasteiger partial charge in [-0.2, -0.15) is 0 Å². The molecule has 264 valence electrons. The van der Waals surface area contributed by atoms with Crippen LogP contribution in [0.4, 0.5) is 8.78 Å². The summed E-state index contributed by atoms with van der Waals surface area (Å²) < 4.78 is 34.4. The third-order valence-electron chi connectivity index (χ3n) is 8.98. The molecule has 0 saturated carbocycles. The van der Waals surface area contributed by atoms with Gasteiger partial charge in [0.1, 0.15) is 22.4 Å². The number of aromatic nitrogens is 2. The minimum atomic E-state index is -0.897. The van der Waals surface area contributed by atoms with Gasteiger partial charge in [-0.15, -0.1) is 45.3 Å². The zero-order valence-corrected chi connectivity index (χ0v) is 35.0. The third kappa shape index (κ3) is 9.03. The van der Waals surface area contributed by atoms with Crippen molar-refractivity contribution in [2.45, 2.75) is 104 Å². The Bertz CT molecular complexity index is 1880. The summed E-state index contributed by atoms with van der Waals surface area (Å²) in [6.45, 7) is 4.50. The molecule has 2 nitrogen and oxygen atoms in total. The van der Waals surface area contributed by atoms with Gasteiger partial charge in [-0.1, -0.05) is 78.1 Å². The monoisotopic (exact) mass is 874 g/mol. The highest BCUT2D eigenvalue weighted by Gasteiger charge is 2.28. The van der Waals surface area contributed by atoms with Crippen LogP contribution in [0.25, 0.3) is 53.1 Å². The molecule has 0 atom stereocenters. The summed E-state index contributed by atoms with van der Waals surface area (Å²) in [7, 11) is 0. The van der Waals surface area contributed by atoms with E-state index in [-0.39, 0.29) is 11.1 Å². The fraction of sp³-hybridized carbons (Fsp3) is 0.400. The van der Waals surface area contributed by atoms with Gasteiger partial charge in [0.05, 0.1) is 28.5 Å². The summed E-state index contributed by atoms with van der Waals surface area (Å²) in [5.74, 6) is -1.79. The maximum absolute atomic E-state index is 16.4. The van der Waals surface area contributed by atoms with Gasteiger partial charge in [-0.05, 0) is 106 Å². The van der Waals surface area contributed by atoms with Crippen molar-refractivity contribution in [1.29, 1.82) is 0 Å². The Morgan fingerprint density at radius 2 is 0.860 bits per heavy atom. The van der Waals surface area contributed by atoms with Crippen LogP contribution in [0.15, 0.2) is 56.1 Å². The molecule has 6 aromatic rings. The summed E-state index contributed by atoms with van der Waals surface area (Å²) >= 11 is 13.3. The van der Waals surface area contributed by atoms with Gasteiger partial charge in [-0.3, -0.25) is 0 Å². The van der Waals surface area contributed by atoms with Crippen LogP contribution in [-0.4, -0.2) is 9.97 Å². The van der Waals surface area contributed by atoms with Crippen LogP contribution in [0.5, 0.6) is 0 Å². The molecule has 10 heteroatoms. The number of fused-ring (bicyclic) bond motifs is 1. The predicted molar refractivity (Wildman–Crippen MR) is 222 cm³/mol. The van der Waals surface area contributed by atoms with Gasteiger partial charge < -0.3 is 0 Å². The molecule has 6 rings (SSSR count). The van der Waals surface area contributed by atoms with Crippen LogP contribution in [0.2, 0.25) is 0 Å². The van der Waals surface area contributed by atoms with E-state index < -0.39 is 11.6 Å². The number of hydrogen-bond acceptors (Lipinski definition) is 6. The highest BCUT2D eigenvalue weighted by Crippen LogP contribution is 2.47. The molecule has 0 unspecified atom stereocenters. The summed E-state index contributed by atoms with van der Waals surface area (Å²) in [6.07, 6.45) is 17.1. The molecule has 0 bridgehead atoms. The Labute approximate surface area is 327 Å². The van der Waals surface area contributed by atoms with Crippen LogP contribution in [0, 0.1) is 11.6 Å². The Morgan fingerprint density at radius 1 is 0.480 bits per heavy atom. The predicted octanol–water partition coefficient (Wildman–Crippen LogP) is 16.2. The lowest BCUT2D eigenvalue weighted by Crippen LogP contribution is -2.02. The van der Waals surface area contributed by atoms with Crippen molar-refractivity contribution >= 4 is 88.2 Å². The van der Waals surface area contributed by atoms with Crippen molar-refractivity contribution in [3.05, 3.63) is 77.5 Å².